The summed E-state index contributed by atoms with van der Waals surface area (Å²) >= 11 is 11.7. The van der Waals surface area contributed by atoms with Crippen molar-refractivity contribution in [3.63, 3.8) is 0 Å². The van der Waals surface area contributed by atoms with Crippen molar-refractivity contribution in [3.8, 4) is 0 Å². The van der Waals surface area contributed by atoms with Crippen LogP contribution in [0.1, 0.15) is 33.3 Å². The van der Waals surface area contributed by atoms with Gasteiger partial charge in [-0.05, 0) is 44.8 Å². The fraction of sp³-hybridized carbons (Fsp3) is 0.500. The Kier molecular flexibility index (Phi) is 4.71. The quantitative estimate of drug-likeness (QED) is 0.682. The number of hydrogen-bond donors (Lipinski definition) is 1. The molecule has 21 heavy (non-hydrogen) atoms. The molecule has 0 spiro atoms. The summed E-state index contributed by atoms with van der Waals surface area (Å²) in [6, 6.07) is 1.68. The molecular weight excluding hydrogens is 312 g/mol. The number of halogens is 2. The Balaban J connectivity index is 2.28. The van der Waals surface area contributed by atoms with Crippen LogP contribution in [-0.4, -0.2) is 35.0 Å². The van der Waals surface area contributed by atoms with Gasteiger partial charge in [-0.15, -0.1) is 0 Å². The Morgan fingerprint density at radius 2 is 1.86 bits per heavy atom. The van der Waals surface area contributed by atoms with Crippen LogP contribution < -0.4 is 0 Å². The second-order valence-corrected chi connectivity index (χ2v) is 6.77. The molecule has 0 amide bonds. The minimum atomic E-state index is -0.602. The van der Waals surface area contributed by atoms with Gasteiger partial charge in [-0.25, -0.2) is 4.98 Å². The monoisotopic (exact) mass is 329 g/mol. The number of pyridine rings is 1. The summed E-state index contributed by atoms with van der Waals surface area (Å²) in [7, 11) is -0.602. The van der Waals surface area contributed by atoms with Crippen molar-refractivity contribution >= 4 is 36.4 Å². The maximum atomic E-state index is 9.60. The van der Waals surface area contributed by atoms with Crippen LogP contribution in [0.25, 0.3) is 6.08 Å². The van der Waals surface area contributed by atoms with Crippen molar-refractivity contribution in [3.05, 3.63) is 33.5 Å². The lowest BCUT2D eigenvalue weighted by Crippen LogP contribution is -2.41. The summed E-state index contributed by atoms with van der Waals surface area (Å²) in [5.41, 5.74) is 0.417. The van der Waals surface area contributed by atoms with Gasteiger partial charge in [0.15, 0.2) is 0 Å². The molecule has 0 unspecified atom stereocenters. The second-order valence-electron chi connectivity index (χ2n) is 6.01. The molecule has 114 valence electrons. The number of aliphatic hydroxyl groups is 1. The van der Waals surface area contributed by atoms with Crippen LogP contribution in [0.2, 0.25) is 10.2 Å². The molecule has 0 aromatic carbocycles. The van der Waals surface area contributed by atoms with Gasteiger partial charge in [-0.1, -0.05) is 29.3 Å². The number of aromatic nitrogens is 1. The van der Waals surface area contributed by atoms with Crippen molar-refractivity contribution in [1.82, 2.24) is 4.98 Å². The van der Waals surface area contributed by atoms with Crippen LogP contribution in [0.3, 0.4) is 0 Å². The first-order chi connectivity index (χ1) is 9.66. The van der Waals surface area contributed by atoms with Crippen molar-refractivity contribution in [1.29, 1.82) is 0 Å². The lowest BCUT2D eigenvalue weighted by Gasteiger charge is -2.32. The standard InChI is InChI=1S/C14H18BCl2NO3/c1-13(2)14(3,4)21-15(20-13)10(8-19)5-9-6-11(16)12(17)18-7-9/h5-7,19H,8H2,1-4H3. The minimum Gasteiger partial charge on any atom is -0.400 e. The number of aliphatic hydroxyl groups excluding tert-OH is 1. The van der Waals surface area contributed by atoms with Gasteiger partial charge in [-0.2, -0.15) is 0 Å². The van der Waals surface area contributed by atoms with Gasteiger partial charge < -0.3 is 14.4 Å². The van der Waals surface area contributed by atoms with Gasteiger partial charge in [0.05, 0.1) is 22.8 Å². The van der Waals surface area contributed by atoms with Gasteiger partial charge >= 0.3 is 7.12 Å². The predicted octanol–water partition coefficient (Wildman–Crippen LogP) is 3.40. The fourth-order valence-electron chi connectivity index (χ4n) is 1.91. The summed E-state index contributed by atoms with van der Waals surface area (Å²) < 4.78 is 11.8. The van der Waals surface area contributed by atoms with Crippen molar-refractivity contribution in [2.75, 3.05) is 6.61 Å². The zero-order chi connectivity index (χ0) is 15.8. The van der Waals surface area contributed by atoms with E-state index in [0.29, 0.717) is 10.5 Å². The highest BCUT2D eigenvalue weighted by Gasteiger charge is 2.52. The zero-order valence-electron chi connectivity index (χ0n) is 12.5. The van der Waals surface area contributed by atoms with Gasteiger partial charge in [0.1, 0.15) is 5.15 Å². The van der Waals surface area contributed by atoms with Crippen LogP contribution in [0.4, 0.5) is 0 Å². The smallest absolute Gasteiger partial charge is 0.400 e. The Labute approximate surface area is 135 Å². The molecule has 1 aromatic rings. The SMILES string of the molecule is CC1(C)OB(C(=Cc2cnc(Cl)c(Cl)c2)CO)OC1(C)C. The largest absolute Gasteiger partial charge is 0.492 e. The van der Waals surface area contributed by atoms with E-state index >= 15 is 0 Å². The molecule has 1 aromatic heterocycles. The normalized spacial score (nSPS) is 20.9. The summed E-state index contributed by atoms with van der Waals surface area (Å²) in [5.74, 6) is 0. The molecule has 0 radical (unpaired) electrons. The van der Waals surface area contributed by atoms with Gasteiger partial charge in [-0.3, -0.25) is 0 Å². The maximum Gasteiger partial charge on any atom is 0.492 e. The highest BCUT2D eigenvalue weighted by atomic mass is 35.5. The van der Waals surface area contributed by atoms with E-state index in [1.165, 1.54) is 0 Å². The van der Waals surface area contributed by atoms with Crippen LogP contribution in [0.5, 0.6) is 0 Å². The van der Waals surface area contributed by atoms with E-state index in [-0.39, 0.29) is 11.8 Å². The summed E-state index contributed by atoms with van der Waals surface area (Å²) in [6.45, 7) is 7.66. The molecule has 0 aliphatic carbocycles. The first-order valence-corrected chi connectivity index (χ1v) is 7.40. The van der Waals surface area contributed by atoms with Crippen LogP contribution in [0, 0.1) is 0 Å². The molecule has 7 heteroatoms. The van der Waals surface area contributed by atoms with Crippen molar-refractivity contribution in [2.45, 2.75) is 38.9 Å². The third-order valence-corrected chi connectivity index (χ3v) is 4.59. The molecule has 2 heterocycles. The molecular formula is C14H18BCl2NO3. The lowest BCUT2D eigenvalue weighted by atomic mass is 9.77. The van der Waals surface area contributed by atoms with E-state index in [1.54, 1.807) is 18.3 Å². The van der Waals surface area contributed by atoms with Gasteiger partial charge in [0, 0.05) is 6.20 Å². The Morgan fingerprint density at radius 3 is 2.33 bits per heavy atom. The third-order valence-electron chi connectivity index (χ3n) is 3.91. The molecule has 1 N–H and O–H groups in total. The highest BCUT2D eigenvalue weighted by molar-refractivity contribution is 6.55. The molecule has 1 fully saturated rings. The molecule has 1 saturated heterocycles. The lowest BCUT2D eigenvalue weighted by molar-refractivity contribution is 0.00578. The van der Waals surface area contributed by atoms with E-state index in [0.717, 1.165) is 5.56 Å². The van der Waals surface area contributed by atoms with E-state index in [9.17, 15) is 5.11 Å². The summed E-state index contributed by atoms with van der Waals surface area (Å²) in [5, 5.41) is 10.2. The molecule has 1 aliphatic rings. The molecule has 1 aliphatic heterocycles. The Bertz CT molecular complexity index is 559. The van der Waals surface area contributed by atoms with Gasteiger partial charge in [0.2, 0.25) is 0 Å². The average molecular weight is 330 g/mol. The molecule has 0 atom stereocenters. The molecule has 4 nitrogen and oxygen atoms in total. The molecule has 2 rings (SSSR count). The van der Waals surface area contributed by atoms with Crippen molar-refractivity contribution in [2.24, 2.45) is 0 Å². The van der Waals surface area contributed by atoms with Crippen molar-refractivity contribution < 1.29 is 14.4 Å². The Morgan fingerprint density at radius 1 is 1.29 bits per heavy atom. The minimum absolute atomic E-state index is 0.183. The second kappa shape index (κ2) is 5.90. The zero-order valence-corrected chi connectivity index (χ0v) is 14.0. The van der Waals surface area contributed by atoms with E-state index in [2.05, 4.69) is 4.98 Å². The average Bonchev–Trinajstić information content (AvgIpc) is 2.59. The fourth-order valence-corrected chi connectivity index (χ4v) is 2.19. The first-order valence-electron chi connectivity index (χ1n) is 6.64. The number of rotatable bonds is 3. The highest BCUT2D eigenvalue weighted by Crippen LogP contribution is 2.38. The number of hydrogen-bond acceptors (Lipinski definition) is 4. The van der Waals surface area contributed by atoms with E-state index in [4.69, 9.17) is 32.5 Å². The molecule has 0 bridgehead atoms. The van der Waals surface area contributed by atoms with Crippen LogP contribution in [-0.2, 0) is 9.31 Å². The Hall–Kier alpha value is -0.585. The van der Waals surface area contributed by atoms with E-state index in [1.807, 2.05) is 27.7 Å². The first kappa shape index (κ1) is 16.8. The topological polar surface area (TPSA) is 51.6 Å². The molecule has 0 saturated carbocycles. The van der Waals surface area contributed by atoms with Gasteiger partial charge in [0.25, 0.3) is 0 Å². The maximum absolute atomic E-state index is 9.60. The number of nitrogens with zero attached hydrogens (tertiary/aromatic N) is 1. The summed E-state index contributed by atoms with van der Waals surface area (Å²) in [4.78, 5) is 3.98. The van der Waals surface area contributed by atoms with Crippen LogP contribution >= 0.6 is 23.2 Å². The summed E-state index contributed by atoms with van der Waals surface area (Å²) in [6.07, 6.45) is 3.33. The predicted molar refractivity (Wildman–Crippen MR) is 85.4 cm³/mol. The third kappa shape index (κ3) is 3.43. The van der Waals surface area contributed by atoms with Crippen LogP contribution in [0.15, 0.2) is 17.7 Å². The van der Waals surface area contributed by atoms with E-state index < -0.39 is 18.3 Å².